The molecule has 1 nitrogen and oxygen atoms in total. The third kappa shape index (κ3) is 4.29. The van der Waals surface area contributed by atoms with Gasteiger partial charge in [0, 0.05) is 12.4 Å². The van der Waals surface area contributed by atoms with E-state index in [9.17, 15) is 0 Å². The van der Waals surface area contributed by atoms with Gasteiger partial charge in [-0.3, -0.25) is 4.98 Å². The van der Waals surface area contributed by atoms with Crippen molar-refractivity contribution in [2.45, 2.75) is 0 Å². The third-order valence-corrected chi connectivity index (χ3v) is 9.37. The first-order chi connectivity index (χ1) is 22.8. The number of pyridine rings is 1. The molecule has 0 bridgehead atoms. The highest BCUT2D eigenvalue weighted by molar-refractivity contribution is 6.25. The second kappa shape index (κ2) is 10.8. The van der Waals surface area contributed by atoms with E-state index in [1.165, 1.54) is 87.6 Å². The molecule has 0 N–H and O–H groups in total. The van der Waals surface area contributed by atoms with Crippen molar-refractivity contribution in [2.75, 3.05) is 0 Å². The van der Waals surface area contributed by atoms with Crippen molar-refractivity contribution in [1.82, 2.24) is 4.98 Å². The van der Waals surface area contributed by atoms with Gasteiger partial charge in [-0.2, -0.15) is 0 Å². The van der Waals surface area contributed by atoms with Gasteiger partial charge in [0.05, 0.1) is 0 Å². The molecule has 46 heavy (non-hydrogen) atoms. The van der Waals surface area contributed by atoms with Gasteiger partial charge < -0.3 is 0 Å². The largest absolute Gasteiger partial charge is 0.265 e. The van der Waals surface area contributed by atoms with Gasteiger partial charge in [0.15, 0.2) is 0 Å². The molecular formula is C45H29N. The van der Waals surface area contributed by atoms with Crippen LogP contribution in [0.2, 0.25) is 0 Å². The van der Waals surface area contributed by atoms with E-state index in [0.717, 1.165) is 0 Å². The molecule has 0 fully saturated rings. The zero-order valence-corrected chi connectivity index (χ0v) is 25.2. The van der Waals surface area contributed by atoms with Crippen LogP contribution in [0.1, 0.15) is 0 Å². The van der Waals surface area contributed by atoms with Gasteiger partial charge in [-0.05, 0) is 106 Å². The van der Waals surface area contributed by atoms with Crippen LogP contribution in [0.3, 0.4) is 0 Å². The first-order valence-electron chi connectivity index (χ1n) is 15.8. The summed E-state index contributed by atoms with van der Waals surface area (Å²) in [5.74, 6) is 0. The van der Waals surface area contributed by atoms with E-state index in [4.69, 9.17) is 0 Å². The van der Waals surface area contributed by atoms with Crippen molar-refractivity contribution in [3.05, 3.63) is 176 Å². The Hall–Kier alpha value is -6.05. The average molecular weight is 584 g/mol. The van der Waals surface area contributed by atoms with E-state index in [0.29, 0.717) is 0 Å². The zero-order valence-electron chi connectivity index (χ0n) is 25.2. The summed E-state index contributed by atoms with van der Waals surface area (Å²) in [6.45, 7) is 0. The highest BCUT2D eigenvalue weighted by Gasteiger charge is 2.19. The fourth-order valence-electron chi connectivity index (χ4n) is 7.22. The molecule has 0 amide bonds. The van der Waals surface area contributed by atoms with Crippen molar-refractivity contribution < 1.29 is 0 Å². The lowest BCUT2D eigenvalue weighted by Crippen LogP contribution is -1.93. The van der Waals surface area contributed by atoms with E-state index in [1.807, 2.05) is 12.4 Å². The van der Waals surface area contributed by atoms with E-state index < -0.39 is 0 Å². The summed E-state index contributed by atoms with van der Waals surface area (Å²) in [5, 5.41) is 10.1. The topological polar surface area (TPSA) is 12.9 Å². The molecule has 0 radical (unpaired) electrons. The second-order valence-electron chi connectivity index (χ2n) is 11.9. The number of hydrogen-bond donors (Lipinski definition) is 0. The Morgan fingerprint density at radius 1 is 0.283 bits per heavy atom. The Morgan fingerprint density at radius 2 is 0.696 bits per heavy atom. The highest BCUT2D eigenvalue weighted by atomic mass is 14.6. The summed E-state index contributed by atoms with van der Waals surface area (Å²) in [5.41, 5.74) is 9.84. The lowest BCUT2D eigenvalue weighted by molar-refractivity contribution is 1.33. The van der Waals surface area contributed by atoms with Crippen molar-refractivity contribution in [3.63, 3.8) is 0 Å². The molecule has 0 aliphatic carbocycles. The number of fused-ring (bicyclic) bond motifs is 4. The number of nitrogens with zero attached hydrogens (tertiary/aromatic N) is 1. The van der Waals surface area contributed by atoms with E-state index in [-0.39, 0.29) is 0 Å². The highest BCUT2D eigenvalue weighted by Crippen LogP contribution is 2.47. The predicted octanol–water partition coefficient (Wildman–Crippen LogP) is 12.4. The fraction of sp³-hybridized carbons (Fsp3) is 0. The van der Waals surface area contributed by atoms with Crippen LogP contribution < -0.4 is 0 Å². The van der Waals surface area contributed by atoms with Crippen LogP contribution in [0, 0.1) is 0 Å². The van der Waals surface area contributed by atoms with Crippen LogP contribution in [-0.2, 0) is 0 Å². The van der Waals surface area contributed by atoms with Crippen LogP contribution in [0.4, 0.5) is 0 Å². The quantitative estimate of drug-likeness (QED) is 0.188. The molecular weight excluding hydrogens is 555 g/mol. The van der Waals surface area contributed by atoms with Crippen LogP contribution in [0.5, 0.6) is 0 Å². The molecule has 214 valence electrons. The molecule has 0 saturated heterocycles. The lowest BCUT2D eigenvalue weighted by atomic mass is 9.83. The summed E-state index contributed by atoms with van der Waals surface area (Å²) >= 11 is 0. The minimum atomic E-state index is 1.17. The molecule has 1 heteroatoms. The zero-order chi connectivity index (χ0) is 30.5. The number of benzene rings is 8. The standard InChI is InChI=1S/C45H29N/c1-3-13-36-33(9-1)11-7-17-38(36)44-40-15-5-6-16-41(40)45(39-18-8-12-34-10-2-4-14-37(34)39)43-29-35(23-24-42(43)44)31-21-19-30(20-22-31)32-25-27-46-28-26-32/h1-29H. The molecule has 0 saturated carbocycles. The minimum Gasteiger partial charge on any atom is -0.265 e. The second-order valence-corrected chi connectivity index (χ2v) is 11.9. The molecule has 1 heterocycles. The van der Waals surface area contributed by atoms with Gasteiger partial charge in [0.25, 0.3) is 0 Å². The van der Waals surface area contributed by atoms with E-state index >= 15 is 0 Å². The van der Waals surface area contributed by atoms with Gasteiger partial charge in [-0.25, -0.2) is 0 Å². The van der Waals surface area contributed by atoms with Crippen LogP contribution >= 0.6 is 0 Å². The van der Waals surface area contributed by atoms with Gasteiger partial charge in [-0.15, -0.1) is 0 Å². The fourth-order valence-corrected chi connectivity index (χ4v) is 7.22. The summed E-state index contributed by atoms with van der Waals surface area (Å²) in [4.78, 5) is 4.18. The normalized spacial score (nSPS) is 11.5. The lowest BCUT2D eigenvalue weighted by Gasteiger charge is -2.20. The summed E-state index contributed by atoms with van der Waals surface area (Å²) < 4.78 is 0. The Balaban J connectivity index is 1.38. The Bertz CT molecular complexity index is 2550. The van der Waals surface area contributed by atoms with Crippen molar-refractivity contribution >= 4 is 43.1 Å². The van der Waals surface area contributed by atoms with Gasteiger partial charge in [0.1, 0.15) is 0 Å². The molecule has 0 atom stereocenters. The third-order valence-electron chi connectivity index (χ3n) is 9.37. The molecule has 8 aromatic carbocycles. The first kappa shape index (κ1) is 26.4. The number of rotatable bonds is 4. The van der Waals surface area contributed by atoms with Crippen molar-refractivity contribution in [2.24, 2.45) is 0 Å². The monoisotopic (exact) mass is 583 g/mol. The maximum Gasteiger partial charge on any atom is 0.0273 e. The SMILES string of the molecule is c1ccc2c(-c3c4ccccc4c(-c4cccc5ccccc45)c4cc(-c5ccc(-c6ccncc6)cc5)ccc34)cccc2c1. The van der Waals surface area contributed by atoms with Gasteiger partial charge in [0.2, 0.25) is 0 Å². The summed E-state index contributed by atoms with van der Waals surface area (Å²) in [7, 11) is 0. The number of aromatic nitrogens is 1. The molecule has 1 aromatic heterocycles. The van der Waals surface area contributed by atoms with E-state index in [1.54, 1.807) is 0 Å². The summed E-state index contributed by atoms with van der Waals surface area (Å²) in [6.07, 6.45) is 3.69. The molecule has 9 rings (SSSR count). The van der Waals surface area contributed by atoms with Crippen LogP contribution in [0.25, 0.3) is 87.6 Å². The average Bonchev–Trinajstić information content (AvgIpc) is 3.14. The minimum absolute atomic E-state index is 1.17. The molecule has 0 unspecified atom stereocenters. The van der Waals surface area contributed by atoms with Crippen molar-refractivity contribution in [3.8, 4) is 44.5 Å². The molecule has 0 spiro atoms. The maximum absolute atomic E-state index is 4.18. The Kier molecular flexibility index (Phi) is 6.21. The van der Waals surface area contributed by atoms with E-state index in [2.05, 4.69) is 169 Å². The Labute approximate surface area is 268 Å². The maximum atomic E-state index is 4.18. The first-order valence-corrected chi connectivity index (χ1v) is 15.8. The van der Waals surface area contributed by atoms with Crippen LogP contribution in [-0.4, -0.2) is 4.98 Å². The Morgan fingerprint density at radius 3 is 1.28 bits per heavy atom. The van der Waals surface area contributed by atoms with Gasteiger partial charge in [-0.1, -0.05) is 146 Å². The smallest absolute Gasteiger partial charge is 0.0273 e. The van der Waals surface area contributed by atoms with Crippen LogP contribution in [0.15, 0.2) is 176 Å². The number of hydrogen-bond acceptors (Lipinski definition) is 1. The van der Waals surface area contributed by atoms with Crippen molar-refractivity contribution in [1.29, 1.82) is 0 Å². The molecule has 0 aliphatic rings. The molecule has 0 aliphatic heterocycles. The van der Waals surface area contributed by atoms with Gasteiger partial charge >= 0.3 is 0 Å². The summed E-state index contributed by atoms with van der Waals surface area (Å²) in [6, 6.07) is 59.9. The molecule has 9 aromatic rings. The predicted molar refractivity (Wildman–Crippen MR) is 196 cm³/mol.